The molecule has 0 aromatic carbocycles. The van der Waals surface area contributed by atoms with E-state index >= 15 is 0 Å². The van der Waals surface area contributed by atoms with Crippen molar-refractivity contribution in [1.29, 1.82) is 0 Å². The molecule has 3 rings (SSSR count). The molecule has 0 radical (unpaired) electrons. The van der Waals surface area contributed by atoms with Gasteiger partial charge in [0.1, 0.15) is 17.2 Å². The van der Waals surface area contributed by atoms with Crippen LogP contribution in [0.1, 0.15) is 11.3 Å². The summed E-state index contributed by atoms with van der Waals surface area (Å²) in [6, 6.07) is 7.99. The molecule has 0 saturated carbocycles. The quantitative estimate of drug-likeness (QED) is 0.709. The highest BCUT2D eigenvalue weighted by Gasteiger charge is 2.11. The van der Waals surface area contributed by atoms with E-state index < -0.39 is 0 Å². The van der Waals surface area contributed by atoms with Gasteiger partial charge in [0.05, 0.1) is 0 Å². The van der Waals surface area contributed by atoms with Gasteiger partial charge in [-0.2, -0.15) is 0 Å². The fourth-order valence-electron chi connectivity index (χ4n) is 1.99. The summed E-state index contributed by atoms with van der Waals surface area (Å²) >= 11 is 0. The average Bonchev–Trinajstić information content (AvgIpc) is 2.67. The number of fused-ring (bicyclic) bond motifs is 1. The third-order valence-corrected chi connectivity index (χ3v) is 3.00. The maximum absolute atomic E-state index is 6.13. The molecule has 0 aliphatic carbocycles. The van der Waals surface area contributed by atoms with Gasteiger partial charge in [0, 0.05) is 23.7 Å². The molecule has 0 atom stereocenters. The number of aromatic nitrogens is 3. The Morgan fingerprint density at radius 2 is 2.00 bits per heavy atom. The van der Waals surface area contributed by atoms with Crippen LogP contribution in [0.4, 0.5) is 5.82 Å². The Hall–Kier alpha value is -2.36. The minimum absolute atomic E-state index is 0.649. The molecule has 0 amide bonds. The van der Waals surface area contributed by atoms with Gasteiger partial charge in [-0.15, -0.1) is 0 Å². The second-order valence-corrected chi connectivity index (χ2v) is 4.47. The van der Waals surface area contributed by atoms with Crippen LogP contribution in [-0.2, 0) is 0 Å². The van der Waals surface area contributed by atoms with Gasteiger partial charge in [-0.05, 0) is 43.7 Å². The fourth-order valence-corrected chi connectivity index (χ4v) is 1.99. The zero-order valence-electron chi connectivity index (χ0n) is 10.4. The third-order valence-electron chi connectivity index (χ3n) is 3.00. The second-order valence-electron chi connectivity index (χ2n) is 4.47. The molecule has 0 fully saturated rings. The van der Waals surface area contributed by atoms with Crippen LogP contribution in [0.3, 0.4) is 0 Å². The van der Waals surface area contributed by atoms with E-state index in [-0.39, 0.29) is 0 Å². The maximum atomic E-state index is 6.13. The summed E-state index contributed by atoms with van der Waals surface area (Å²) in [6.07, 6.45) is 3.75. The predicted octanol–water partition coefficient (Wildman–Crippen LogP) is 2.60. The summed E-state index contributed by atoms with van der Waals surface area (Å²) in [6.45, 7) is 4.00. The molecule has 3 heterocycles. The highest BCUT2D eigenvalue weighted by Crippen LogP contribution is 2.26. The van der Waals surface area contributed by atoms with Gasteiger partial charge in [0.15, 0.2) is 0 Å². The van der Waals surface area contributed by atoms with Crippen molar-refractivity contribution in [3.05, 3.63) is 47.9 Å². The molecule has 18 heavy (non-hydrogen) atoms. The Labute approximate surface area is 105 Å². The first-order chi connectivity index (χ1) is 8.65. The van der Waals surface area contributed by atoms with E-state index in [9.17, 15) is 0 Å². The van der Waals surface area contributed by atoms with E-state index in [0.717, 1.165) is 22.6 Å². The van der Waals surface area contributed by atoms with Crippen LogP contribution in [-0.4, -0.2) is 14.4 Å². The maximum Gasteiger partial charge on any atom is 0.139 e. The number of hydrogen-bond donors (Lipinski definition) is 1. The molecule has 0 unspecified atom stereocenters. The monoisotopic (exact) mass is 238 g/mol. The van der Waals surface area contributed by atoms with Crippen LogP contribution in [0.15, 0.2) is 36.7 Å². The molecular weight excluding hydrogens is 224 g/mol. The largest absolute Gasteiger partial charge is 0.383 e. The smallest absolute Gasteiger partial charge is 0.139 e. The van der Waals surface area contributed by atoms with Crippen LogP contribution >= 0.6 is 0 Å². The molecule has 2 N–H and O–H groups in total. The Morgan fingerprint density at radius 3 is 2.72 bits per heavy atom. The number of nitrogen functional groups attached to an aromatic ring is 1. The Morgan fingerprint density at radius 1 is 1.17 bits per heavy atom. The molecule has 3 aromatic rings. The van der Waals surface area contributed by atoms with Gasteiger partial charge < -0.3 is 5.73 Å². The topological polar surface area (TPSA) is 56.2 Å². The zero-order valence-corrected chi connectivity index (χ0v) is 10.4. The van der Waals surface area contributed by atoms with Crippen LogP contribution in [0.2, 0.25) is 0 Å². The Bertz CT molecular complexity index is 710. The van der Waals surface area contributed by atoms with Crippen molar-refractivity contribution in [2.24, 2.45) is 0 Å². The second kappa shape index (κ2) is 3.84. The molecule has 0 aliphatic heterocycles. The normalized spacial score (nSPS) is 11.0. The van der Waals surface area contributed by atoms with Crippen molar-refractivity contribution in [1.82, 2.24) is 14.4 Å². The highest BCUT2D eigenvalue weighted by atomic mass is 15.1. The van der Waals surface area contributed by atoms with Gasteiger partial charge >= 0.3 is 0 Å². The van der Waals surface area contributed by atoms with Crippen LogP contribution in [0.25, 0.3) is 16.9 Å². The minimum atomic E-state index is 0.649. The number of anilines is 1. The molecular formula is C14H14N4. The molecule has 0 saturated heterocycles. The molecule has 0 aliphatic rings. The molecule has 4 nitrogen and oxygen atoms in total. The molecule has 3 aromatic heterocycles. The van der Waals surface area contributed by atoms with Crippen LogP contribution in [0, 0.1) is 13.8 Å². The van der Waals surface area contributed by atoms with E-state index in [0.29, 0.717) is 5.82 Å². The summed E-state index contributed by atoms with van der Waals surface area (Å²) in [7, 11) is 0. The van der Waals surface area contributed by atoms with Crippen LogP contribution < -0.4 is 5.73 Å². The lowest BCUT2D eigenvalue weighted by Crippen LogP contribution is -1.94. The highest BCUT2D eigenvalue weighted by molar-refractivity contribution is 5.74. The zero-order chi connectivity index (χ0) is 12.7. The van der Waals surface area contributed by atoms with Gasteiger partial charge in [0.25, 0.3) is 0 Å². The fraction of sp³-hybridized carbons (Fsp3) is 0.143. The van der Waals surface area contributed by atoms with Crippen molar-refractivity contribution >= 4 is 11.5 Å². The number of rotatable bonds is 1. The number of hydrogen-bond acceptors (Lipinski definition) is 3. The number of nitrogens with zero attached hydrogens (tertiary/aromatic N) is 3. The Balaban J connectivity index is 2.23. The predicted molar refractivity (Wildman–Crippen MR) is 72.3 cm³/mol. The first-order valence-electron chi connectivity index (χ1n) is 5.82. The van der Waals surface area contributed by atoms with Gasteiger partial charge in [-0.25, -0.2) is 4.98 Å². The Kier molecular flexibility index (Phi) is 2.30. The van der Waals surface area contributed by atoms with Crippen LogP contribution in [0.5, 0.6) is 0 Å². The van der Waals surface area contributed by atoms with E-state index in [2.05, 4.69) is 9.97 Å². The first-order valence-corrected chi connectivity index (χ1v) is 5.82. The van der Waals surface area contributed by atoms with E-state index in [4.69, 9.17) is 5.73 Å². The van der Waals surface area contributed by atoms with Gasteiger partial charge in [-0.3, -0.25) is 9.38 Å². The van der Waals surface area contributed by atoms with E-state index in [1.807, 2.05) is 48.7 Å². The minimum Gasteiger partial charge on any atom is -0.383 e. The van der Waals surface area contributed by atoms with Crippen molar-refractivity contribution in [3.8, 4) is 11.3 Å². The lowest BCUT2D eigenvalue weighted by atomic mass is 10.2. The number of aryl methyl sites for hydroxylation is 2. The molecule has 4 heteroatoms. The summed E-state index contributed by atoms with van der Waals surface area (Å²) in [5, 5.41) is 0. The van der Waals surface area contributed by atoms with Crippen molar-refractivity contribution < 1.29 is 0 Å². The van der Waals surface area contributed by atoms with Gasteiger partial charge in [0.2, 0.25) is 0 Å². The molecule has 90 valence electrons. The summed E-state index contributed by atoms with van der Waals surface area (Å²) < 4.78 is 1.89. The number of imidazole rings is 1. The lowest BCUT2D eigenvalue weighted by Gasteiger charge is -1.99. The van der Waals surface area contributed by atoms with E-state index in [1.165, 1.54) is 5.56 Å². The molecule has 0 spiro atoms. The average molecular weight is 238 g/mol. The molecule has 0 bridgehead atoms. The van der Waals surface area contributed by atoms with Crippen molar-refractivity contribution in [2.45, 2.75) is 13.8 Å². The van der Waals surface area contributed by atoms with Gasteiger partial charge in [-0.1, -0.05) is 0 Å². The standard InChI is InChI=1S/C14H14N4/c1-9-5-6-18-12(7-9)17-13(14(18)15)11-4-3-10(2)16-8-11/h3-8H,15H2,1-2H3. The van der Waals surface area contributed by atoms with E-state index in [1.54, 1.807) is 6.20 Å². The summed E-state index contributed by atoms with van der Waals surface area (Å²) in [5.41, 5.74) is 10.9. The third kappa shape index (κ3) is 1.62. The van der Waals surface area contributed by atoms with Crippen molar-refractivity contribution in [3.63, 3.8) is 0 Å². The lowest BCUT2D eigenvalue weighted by molar-refractivity contribution is 1.18. The summed E-state index contributed by atoms with van der Waals surface area (Å²) in [5.74, 6) is 0.649. The summed E-state index contributed by atoms with van der Waals surface area (Å²) in [4.78, 5) is 8.85. The number of pyridine rings is 2. The van der Waals surface area contributed by atoms with Crippen molar-refractivity contribution in [2.75, 3.05) is 5.73 Å². The SMILES string of the molecule is Cc1ccn2c(N)c(-c3ccc(C)nc3)nc2c1. The number of nitrogens with two attached hydrogens (primary N) is 1. The first kappa shape index (κ1) is 10.8.